The summed E-state index contributed by atoms with van der Waals surface area (Å²) in [6, 6.07) is 0.842. The van der Waals surface area contributed by atoms with Crippen molar-refractivity contribution in [3.63, 3.8) is 0 Å². The number of carbonyl (C=O) groups is 2. The summed E-state index contributed by atoms with van der Waals surface area (Å²) < 4.78 is 18.3. The molecule has 3 N–H and O–H groups in total. The van der Waals surface area contributed by atoms with Crippen LogP contribution in [0.3, 0.4) is 0 Å². The van der Waals surface area contributed by atoms with Gasteiger partial charge in [-0.15, -0.1) is 0 Å². The average Bonchev–Trinajstić information content (AvgIpc) is 3.36. The van der Waals surface area contributed by atoms with Gasteiger partial charge in [-0.3, -0.25) is 9.89 Å². The van der Waals surface area contributed by atoms with Crippen LogP contribution in [-0.4, -0.2) is 55.9 Å². The van der Waals surface area contributed by atoms with Gasteiger partial charge in [-0.05, 0) is 33.1 Å². The Balaban J connectivity index is 1.58. The SMILES string of the molecule is Cc1cnc(CC(=O)Nc2cc([C@H]3CC[C@@H](N(C(=O)O)C(C)CF)C3)[nH]n2)o1. The summed E-state index contributed by atoms with van der Waals surface area (Å²) in [7, 11) is 0. The molecule has 0 aliphatic heterocycles. The van der Waals surface area contributed by atoms with E-state index in [1.807, 2.05) is 0 Å². The number of carboxylic acid groups (broad SMARTS) is 1. The number of nitrogens with one attached hydrogen (secondary N) is 2. The Morgan fingerprint density at radius 3 is 2.93 bits per heavy atom. The van der Waals surface area contributed by atoms with Gasteiger partial charge in [-0.1, -0.05) is 0 Å². The van der Waals surface area contributed by atoms with Gasteiger partial charge in [0, 0.05) is 23.7 Å². The minimum absolute atomic E-state index is 0.0101. The largest absolute Gasteiger partial charge is 0.465 e. The minimum Gasteiger partial charge on any atom is -0.465 e. The average molecular weight is 393 g/mol. The lowest BCUT2D eigenvalue weighted by atomic mass is 10.0. The quantitative estimate of drug-likeness (QED) is 0.664. The van der Waals surface area contributed by atoms with Crippen molar-refractivity contribution in [1.29, 1.82) is 0 Å². The molecular formula is C18H24FN5O4. The van der Waals surface area contributed by atoms with Crippen molar-refractivity contribution in [2.24, 2.45) is 0 Å². The van der Waals surface area contributed by atoms with E-state index >= 15 is 0 Å². The molecule has 0 saturated heterocycles. The molecule has 1 fully saturated rings. The van der Waals surface area contributed by atoms with E-state index in [9.17, 15) is 19.1 Å². The summed E-state index contributed by atoms with van der Waals surface area (Å²) in [5, 5.41) is 19.1. The lowest BCUT2D eigenvalue weighted by Gasteiger charge is -2.30. The number of halogens is 1. The van der Waals surface area contributed by atoms with Crippen molar-refractivity contribution in [1.82, 2.24) is 20.1 Å². The summed E-state index contributed by atoms with van der Waals surface area (Å²) in [5.74, 6) is 1.14. The third-order valence-electron chi connectivity index (χ3n) is 5.00. The zero-order valence-electron chi connectivity index (χ0n) is 15.8. The van der Waals surface area contributed by atoms with Gasteiger partial charge < -0.3 is 19.7 Å². The summed E-state index contributed by atoms with van der Waals surface area (Å²) in [6.07, 6.45) is 2.47. The first-order valence-corrected chi connectivity index (χ1v) is 9.21. The second-order valence-corrected chi connectivity index (χ2v) is 7.16. The highest BCUT2D eigenvalue weighted by atomic mass is 19.1. The van der Waals surface area contributed by atoms with Crippen molar-refractivity contribution >= 4 is 17.8 Å². The zero-order valence-corrected chi connectivity index (χ0v) is 15.8. The molecule has 1 unspecified atom stereocenters. The van der Waals surface area contributed by atoms with Crippen LogP contribution in [0.1, 0.15) is 49.4 Å². The number of amides is 2. The van der Waals surface area contributed by atoms with Crippen LogP contribution in [0.25, 0.3) is 0 Å². The minimum atomic E-state index is -1.10. The molecule has 0 radical (unpaired) electrons. The molecule has 2 aromatic heterocycles. The fourth-order valence-electron chi connectivity index (χ4n) is 3.69. The third kappa shape index (κ3) is 4.49. The Labute approximate surface area is 161 Å². The Hall–Kier alpha value is -2.91. The number of nitrogens with zero attached hydrogens (tertiary/aromatic N) is 3. The molecule has 0 aromatic carbocycles. The number of rotatable bonds is 7. The first-order valence-electron chi connectivity index (χ1n) is 9.21. The molecule has 3 rings (SSSR count). The van der Waals surface area contributed by atoms with E-state index in [1.54, 1.807) is 26.1 Å². The molecule has 0 bridgehead atoms. The Morgan fingerprint density at radius 2 is 2.29 bits per heavy atom. The first kappa shape index (κ1) is 19.8. The van der Waals surface area contributed by atoms with Gasteiger partial charge in [0.25, 0.3) is 0 Å². The fraction of sp³-hybridized carbons (Fsp3) is 0.556. The van der Waals surface area contributed by atoms with Crippen LogP contribution in [0.2, 0.25) is 0 Å². The molecule has 0 spiro atoms. The summed E-state index contributed by atoms with van der Waals surface area (Å²) in [4.78, 5) is 28.8. The number of alkyl halides is 1. The van der Waals surface area contributed by atoms with E-state index in [1.165, 1.54) is 4.90 Å². The van der Waals surface area contributed by atoms with Gasteiger partial charge >= 0.3 is 6.09 Å². The number of hydrogen-bond donors (Lipinski definition) is 3. The Morgan fingerprint density at radius 1 is 1.50 bits per heavy atom. The van der Waals surface area contributed by atoms with Gasteiger partial charge in [-0.2, -0.15) is 5.10 Å². The number of hydrogen-bond acceptors (Lipinski definition) is 5. The maximum atomic E-state index is 13.0. The van der Waals surface area contributed by atoms with Crippen LogP contribution < -0.4 is 5.32 Å². The molecule has 10 heteroatoms. The normalized spacial score (nSPS) is 20.1. The summed E-state index contributed by atoms with van der Waals surface area (Å²) in [6.45, 7) is 2.61. The molecule has 152 valence electrons. The number of anilines is 1. The molecular weight excluding hydrogens is 369 g/mol. The van der Waals surface area contributed by atoms with Crippen LogP contribution in [-0.2, 0) is 11.2 Å². The highest BCUT2D eigenvalue weighted by Crippen LogP contribution is 2.37. The lowest BCUT2D eigenvalue weighted by molar-refractivity contribution is -0.115. The van der Waals surface area contributed by atoms with Crippen molar-refractivity contribution in [2.45, 2.75) is 57.5 Å². The maximum Gasteiger partial charge on any atom is 0.407 e. The Kier molecular flexibility index (Phi) is 5.96. The van der Waals surface area contributed by atoms with Crippen molar-refractivity contribution in [3.05, 3.63) is 29.6 Å². The van der Waals surface area contributed by atoms with Gasteiger partial charge in [0.05, 0.1) is 12.2 Å². The van der Waals surface area contributed by atoms with Crippen molar-refractivity contribution < 1.29 is 23.5 Å². The monoisotopic (exact) mass is 393 g/mol. The molecule has 3 atom stereocenters. The van der Waals surface area contributed by atoms with Crippen LogP contribution >= 0.6 is 0 Å². The second-order valence-electron chi connectivity index (χ2n) is 7.16. The zero-order chi connectivity index (χ0) is 20.3. The molecule has 2 aromatic rings. The van der Waals surface area contributed by atoms with Crippen molar-refractivity contribution in [2.75, 3.05) is 12.0 Å². The molecule has 2 amide bonds. The van der Waals surface area contributed by atoms with Crippen LogP contribution in [0.4, 0.5) is 15.0 Å². The number of carbonyl (C=O) groups excluding carboxylic acids is 1. The smallest absolute Gasteiger partial charge is 0.407 e. The second kappa shape index (κ2) is 8.41. The van der Waals surface area contributed by atoms with Crippen LogP contribution in [0, 0.1) is 6.92 Å². The van der Waals surface area contributed by atoms with E-state index in [2.05, 4.69) is 20.5 Å². The van der Waals surface area contributed by atoms with Gasteiger partial charge in [0.2, 0.25) is 11.8 Å². The van der Waals surface area contributed by atoms with E-state index < -0.39 is 18.8 Å². The number of aromatic nitrogens is 3. The third-order valence-corrected chi connectivity index (χ3v) is 5.00. The number of oxazole rings is 1. The van der Waals surface area contributed by atoms with Gasteiger partial charge in [-0.25, -0.2) is 14.2 Å². The topological polar surface area (TPSA) is 124 Å². The number of aromatic amines is 1. The van der Waals surface area contributed by atoms with E-state index in [4.69, 9.17) is 4.42 Å². The maximum absolute atomic E-state index is 13.0. The van der Waals surface area contributed by atoms with Gasteiger partial charge in [0.1, 0.15) is 18.9 Å². The predicted octanol–water partition coefficient (Wildman–Crippen LogP) is 2.86. The fourth-order valence-corrected chi connectivity index (χ4v) is 3.69. The van der Waals surface area contributed by atoms with Crippen molar-refractivity contribution in [3.8, 4) is 0 Å². The molecule has 2 heterocycles. The molecule has 1 saturated carbocycles. The number of aryl methyl sites for hydroxylation is 1. The summed E-state index contributed by atoms with van der Waals surface area (Å²) >= 11 is 0. The van der Waals surface area contributed by atoms with Gasteiger partial charge in [0.15, 0.2) is 5.82 Å². The van der Waals surface area contributed by atoms with Crippen LogP contribution in [0.5, 0.6) is 0 Å². The lowest BCUT2D eigenvalue weighted by Crippen LogP contribution is -2.45. The highest BCUT2D eigenvalue weighted by Gasteiger charge is 2.35. The molecule has 1 aliphatic rings. The highest BCUT2D eigenvalue weighted by molar-refractivity contribution is 5.90. The predicted molar refractivity (Wildman–Crippen MR) is 97.8 cm³/mol. The first-order chi connectivity index (χ1) is 13.4. The molecule has 1 aliphatic carbocycles. The molecule has 9 nitrogen and oxygen atoms in total. The Bertz CT molecular complexity index is 836. The van der Waals surface area contributed by atoms with E-state index in [-0.39, 0.29) is 24.3 Å². The molecule has 28 heavy (non-hydrogen) atoms. The summed E-state index contributed by atoms with van der Waals surface area (Å²) in [5.41, 5.74) is 0.822. The van der Waals surface area contributed by atoms with Crippen LogP contribution in [0.15, 0.2) is 16.7 Å². The standard InChI is InChI=1S/C18H24FN5O4/c1-10(8-19)24(18(26)27)13-4-3-12(5-13)14-6-15(23-22-14)21-16(25)7-17-20-9-11(2)28-17/h6,9-10,12-13H,3-5,7-8H2,1-2H3,(H,26,27)(H2,21,22,23,25)/t10?,12-,13+/m0/s1. The van der Waals surface area contributed by atoms with E-state index in [0.29, 0.717) is 30.3 Å². The number of H-pyrrole nitrogens is 1. The van der Waals surface area contributed by atoms with E-state index in [0.717, 1.165) is 12.1 Å².